The van der Waals surface area contributed by atoms with Gasteiger partial charge in [-0.25, -0.2) is 9.97 Å². The Bertz CT molecular complexity index is 3440. The second-order valence-electron chi connectivity index (χ2n) is 19.7. The van der Waals surface area contributed by atoms with Crippen molar-refractivity contribution in [1.29, 1.82) is 0 Å². The minimum Gasteiger partial charge on any atom is -0.355 e. The first-order valence-electron chi connectivity index (χ1n) is 27.9. The number of aryl methyl sites for hydroxylation is 4. The van der Waals surface area contributed by atoms with E-state index >= 15 is 0 Å². The molecule has 2 aliphatic heterocycles. The molecule has 0 unspecified atom stereocenters. The predicted octanol–water partition coefficient (Wildman–Crippen LogP) is 17.9. The van der Waals surface area contributed by atoms with Crippen LogP contribution in [-0.2, 0) is 77.0 Å². The zero-order valence-electron chi connectivity index (χ0n) is 45.6. The van der Waals surface area contributed by atoms with E-state index < -0.39 is 0 Å². The molecule has 0 atom stereocenters. The molecule has 5 heterocycles. The molecular weight excluding hydrogens is 873 g/mol. The summed E-state index contributed by atoms with van der Waals surface area (Å²) < 4.78 is 2.73. The van der Waals surface area contributed by atoms with Gasteiger partial charge in [0.05, 0.1) is 33.8 Å². The first-order valence-corrected chi connectivity index (χ1v) is 27.9. The lowest BCUT2D eigenvalue weighted by Crippen LogP contribution is -2.07. The third kappa shape index (κ3) is 8.73. The van der Waals surface area contributed by atoms with Gasteiger partial charge >= 0.3 is 0 Å². The average molecular weight is 951 g/mol. The molecule has 2 aliphatic rings. The van der Waals surface area contributed by atoms with Gasteiger partial charge in [-0.2, -0.15) is 0 Å². The van der Waals surface area contributed by atoms with Crippen molar-refractivity contribution >= 4 is 46.4 Å². The maximum absolute atomic E-state index is 5.75. The molecular formula is C68H78N4. The topological polar surface area (TPSA) is 46.5 Å². The molecule has 3 aromatic heterocycles. The summed E-state index contributed by atoms with van der Waals surface area (Å²) in [5, 5.41) is 0. The monoisotopic (exact) mass is 951 g/mol. The highest BCUT2D eigenvalue weighted by atomic mass is 15.0. The molecule has 0 aliphatic carbocycles. The Morgan fingerprint density at radius 3 is 1.19 bits per heavy atom. The van der Waals surface area contributed by atoms with E-state index in [1.807, 2.05) is 0 Å². The van der Waals surface area contributed by atoms with Crippen molar-refractivity contribution in [3.63, 3.8) is 0 Å². The largest absolute Gasteiger partial charge is 0.355 e. The fourth-order valence-electron chi connectivity index (χ4n) is 12.9. The summed E-state index contributed by atoms with van der Waals surface area (Å²) in [5.74, 6) is 0. The first-order chi connectivity index (χ1) is 35.2. The van der Waals surface area contributed by atoms with E-state index in [2.05, 4.69) is 196 Å². The summed E-state index contributed by atoms with van der Waals surface area (Å²) in [6.07, 6.45) is 20.5. The van der Waals surface area contributed by atoms with Crippen molar-refractivity contribution in [1.82, 2.24) is 19.5 Å². The second-order valence-corrected chi connectivity index (χ2v) is 19.7. The number of nitrogens with zero attached hydrogens (tertiary/aromatic N) is 3. The molecule has 0 saturated carbocycles. The van der Waals surface area contributed by atoms with Gasteiger partial charge in [-0.05, 0) is 221 Å². The molecule has 1 N–H and O–H groups in total. The average Bonchev–Trinajstić information content (AvgIpc) is 4.24. The molecule has 4 nitrogen and oxygen atoms in total. The lowest BCUT2D eigenvalue weighted by Gasteiger charge is -2.23. The maximum Gasteiger partial charge on any atom is 0.0737 e. The molecule has 4 heteroatoms. The normalized spacial score (nSPS) is 12.2. The van der Waals surface area contributed by atoms with Crippen LogP contribution in [0.3, 0.4) is 0 Å². The summed E-state index contributed by atoms with van der Waals surface area (Å²) in [6.45, 7) is 28.2. The molecule has 370 valence electrons. The molecule has 8 bridgehead atoms. The van der Waals surface area contributed by atoms with Crippen LogP contribution >= 0.6 is 0 Å². The molecule has 0 spiro atoms. The number of aromatic nitrogens is 4. The van der Waals surface area contributed by atoms with Gasteiger partial charge in [0.25, 0.3) is 0 Å². The quantitative estimate of drug-likeness (QED) is 0.105. The number of H-pyrrole nitrogens is 1. The Hall–Kier alpha value is -6.52. The molecule has 0 saturated heterocycles. The van der Waals surface area contributed by atoms with Gasteiger partial charge in [-0.1, -0.05) is 126 Å². The number of nitrogens with one attached hydrogen (secondary N) is 1. The number of rotatable bonds is 16. The van der Waals surface area contributed by atoms with Gasteiger partial charge < -0.3 is 9.55 Å². The highest BCUT2D eigenvalue weighted by molar-refractivity contribution is 6.12. The van der Waals surface area contributed by atoms with Gasteiger partial charge in [0.2, 0.25) is 0 Å². The van der Waals surface area contributed by atoms with Gasteiger partial charge in [-0.3, -0.25) is 0 Å². The van der Waals surface area contributed by atoms with Crippen LogP contribution < -0.4 is 0 Å². The lowest BCUT2D eigenvalue weighted by molar-refractivity contribution is 0.958. The summed E-state index contributed by atoms with van der Waals surface area (Å²) in [5.41, 5.74) is 34.4. The van der Waals surface area contributed by atoms with E-state index in [0.717, 1.165) is 116 Å². The first kappa shape index (κ1) is 50.4. The van der Waals surface area contributed by atoms with Crippen LogP contribution in [0.1, 0.15) is 173 Å². The second kappa shape index (κ2) is 21.7. The third-order valence-corrected chi connectivity index (χ3v) is 16.2. The van der Waals surface area contributed by atoms with E-state index in [-0.39, 0.29) is 0 Å². The Labute approximate surface area is 431 Å². The highest BCUT2D eigenvalue weighted by Crippen LogP contribution is 2.51. The summed E-state index contributed by atoms with van der Waals surface area (Å²) in [4.78, 5) is 14.9. The van der Waals surface area contributed by atoms with Gasteiger partial charge in [0, 0.05) is 33.4 Å². The highest BCUT2D eigenvalue weighted by Gasteiger charge is 2.31. The SMILES string of the molecule is CCc1ccc(-c2c(-c3ccc(CC)c(CC)c3CC)c3c(-c4ccc(CC)c(CC)c4CC)c4nc(cc5ccc(cc6nc(cc2n3-c2ccc(CC)c(CC)c2CC)C=C6)[nH]5)C=C4)c(CC)c1CC. The number of hydrogen-bond donors (Lipinski definition) is 1. The third-order valence-electron chi connectivity index (χ3n) is 16.2. The Balaban J connectivity index is 1.74. The van der Waals surface area contributed by atoms with Crippen LogP contribution in [0.5, 0.6) is 0 Å². The van der Waals surface area contributed by atoms with Crippen LogP contribution in [-0.4, -0.2) is 19.5 Å². The predicted molar refractivity (Wildman–Crippen MR) is 313 cm³/mol. The zero-order valence-corrected chi connectivity index (χ0v) is 45.6. The molecule has 0 amide bonds. The fraction of sp³-hybridized carbons (Fsp3) is 0.353. The van der Waals surface area contributed by atoms with Gasteiger partial charge in [0.1, 0.15) is 0 Å². The van der Waals surface area contributed by atoms with E-state index in [1.54, 1.807) is 0 Å². The molecule has 9 rings (SSSR count). The molecule has 4 aromatic carbocycles. The summed E-state index contributed by atoms with van der Waals surface area (Å²) in [6, 6.07) is 30.8. The standard InChI is InChI=1S/C68H78N4/c1-13-42-25-34-59(55(21-9)51(42)17-5)65-62-37-33-49(71-62)40-48-30-29-46(69-48)39-47-31-32-50(70-47)41-64-66(60-35-26-43(14-2)52(18-6)56(60)22-10)67(61-36-27-44(15-3)53(19-7)57(61)23-11)68(65)72(64)63-38-28-45(16-4)54(20-8)58(63)24-12/h25-41,69H,13-24H2,1-12H3. The van der Waals surface area contributed by atoms with Crippen molar-refractivity contribution < 1.29 is 0 Å². The lowest BCUT2D eigenvalue weighted by atomic mass is 9.82. The van der Waals surface area contributed by atoms with Crippen LogP contribution in [0.25, 0.3) is 85.4 Å². The van der Waals surface area contributed by atoms with Crippen molar-refractivity contribution in [3.05, 3.63) is 168 Å². The Morgan fingerprint density at radius 2 is 0.736 bits per heavy atom. The van der Waals surface area contributed by atoms with Crippen molar-refractivity contribution in [2.45, 2.75) is 160 Å². The zero-order chi connectivity index (χ0) is 50.8. The van der Waals surface area contributed by atoms with Crippen molar-refractivity contribution in [2.75, 3.05) is 0 Å². The summed E-state index contributed by atoms with van der Waals surface area (Å²) in [7, 11) is 0. The molecule has 0 fully saturated rings. The van der Waals surface area contributed by atoms with Crippen LogP contribution in [0.4, 0.5) is 0 Å². The van der Waals surface area contributed by atoms with E-state index in [0.29, 0.717) is 0 Å². The number of fused-ring (bicyclic) bond motifs is 8. The van der Waals surface area contributed by atoms with E-state index in [4.69, 9.17) is 9.97 Å². The Morgan fingerprint density at radius 1 is 0.347 bits per heavy atom. The minimum atomic E-state index is 0.907. The molecule has 72 heavy (non-hydrogen) atoms. The Kier molecular flexibility index (Phi) is 15.2. The van der Waals surface area contributed by atoms with Gasteiger partial charge in [0.15, 0.2) is 0 Å². The van der Waals surface area contributed by atoms with Gasteiger partial charge in [-0.15, -0.1) is 0 Å². The molecule has 0 radical (unpaired) electrons. The van der Waals surface area contributed by atoms with Crippen LogP contribution in [0.15, 0.2) is 78.9 Å². The van der Waals surface area contributed by atoms with Crippen molar-refractivity contribution in [2.24, 2.45) is 0 Å². The number of benzene rings is 4. The minimum absolute atomic E-state index is 0.907. The van der Waals surface area contributed by atoms with E-state index in [1.165, 1.54) is 111 Å². The van der Waals surface area contributed by atoms with Crippen LogP contribution in [0, 0.1) is 0 Å². The number of aromatic amines is 1. The maximum atomic E-state index is 5.75. The van der Waals surface area contributed by atoms with E-state index in [9.17, 15) is 0 Å². The van der Waals surface area contributed by atoms with Crippen LogP contribution in [0.2, 0.25) is 0 Å². The van der Waals surface area contributed by atoms with Crippen molar-refractivity contribution in [3.8, 4) is 39.1 Å². The fourth-order valence-corrected chi connectivity index (χ4v) is 12.9. The number of hydrogen-bond acceptors (Lipinski definition) is 2. The smallest absolute Gasteiger partial charge is 0.0737 e. The summed E-state index contributed by atoms with van der Waals surface area (Å²) >= 11 is 0. The molecule has 7 aromatic rings.